The van der Waals surface area contributed by atoms with E-state index in [1.165, 1.54) is 0 Å². The summed E-state index contributed by atoms with van der Waals surface area (Å²) in [7, 11) is 0. The first-order chi connectivity index (χ1) is 13.0. The minimum atomic E-state index is -0.876. The predicted octanol–water partition coefficient (Wildman–Crippen LogP) is 1.64. The Kier molecular flexibility index (Phi) is 6.00. The second-order valence-corrected chi connectivity index (χ2v) is 6.55. The highest BCUT2D eigenvalue weighted by Crippen LogP contribution is 2.34. The van der Waals surface area contributed by atoms with E-state index in [-0.39, 0.29) is 31.1 Å². The number of amides is 3. The number of nitrogens with zero attached hydrogens (tertiary/aromatic N) is 1. The molecule has 2 heterocycles. The third-order valence-electron chi connectivity index (χ3n) is 4.64. The van der Waals surface area contributed by atoms with Crippen LogP contribution in [0.1, 0.15) is 25.7 Å². The fraction of sp³-hybridized carbons (Fsp3) is 0.500. The molecule has 0 radical (unpaired) electrons. The summed E-state index contributed by atoms with van der Waals surface area (Å²) < 4.78 is 10.6. The van der Waals surface area contributed by atoms with Gasteiger partial charge in [-0.2, -0.15) is 0 Å². The molecule has 3 amide bonds. The van der Waals surface area contributed by atoms with Crippen LogP contribution in [0.4, 0.5) is 10.5 Å². The number of ether oxygens (including phenoxy) is 2. The van der Waals surface area contributed by atoms with Gasteiger partial charge in [-0.05, 0) is 31.4 Å². The number of carboxylic acid groups (broad SMARTS) is 1. The zero-order valence-electron chi connectivity index (χ0n) is 14.9. The molecule has 1 fully saturated rings. The van der Waals surface area contributed by atoms with Crippen molar-refractivity contribution < 1.29 is 29.0 Å². The maximum atomic E-state index is 12.5. The van der Waals surface area contributed by atoms with Crippen LogP contribution in [0.3, 0.4) is 0 Å². The van der Waals surface area contributed by atoms with Crippen LogP contribution in [0.25, 0.3) is 0 Å². The maximum Gasteiger partial charge on any atom is 0.317 e. The number of benzene rings is 1. The summed E-state index contributed by atoms with van der Waals surface area (Å²) in [6, 6.07) is 5.05. The van der Waals surface area contributed by atoms with Crippen molar-refractivity contribution in [3.63, 3.8) is 0 Å². The Hall–Kier alpha value is -2.97. The molecule has 146 valence electrons. The van der Waals surface area contributed by atoms with Crippen LogP contribution in [0.15, 0.2) is 18.2 Å². The lowest BCUT2D eigenvalue weighted by Crippen LogP contribution is -2.46. The van der Waals surface area contributed by atoms with E-state index >= 15 is 0 Å². The summed E-state index contributed by atoms with van der Waals surface area (Å²) in [5.74, 6) is 0.165. The number of aliphatic carboxylic acids is 1. The summed E-state index contributed by atoms with van der Waals surface area (Å²) in [5, 5.41) is 14.2. The van der Waals surface area contributed by atoms with E-state index < -0.39 is 5.97 Å². The molecular weight excluding hydrogens is 354 g/mol. The quantitative estimate of drug-likeness (QED) is 0.649. The molecule has 0 spiro atoms. The molecule has 2 aliphatic heterocycles. The number of piperidine rings is 1. The second kappa shape index (κ2) is 8.61. The van der Waals surface area contributed by atoms with E-state index in [0.717, 1.165) is 0 Å². The standard InChI is InChI=1S/C18H23N3O6/c22-16(23)2-1-7-19-18(25)21-8-5-12(6-9-21)17(24)20-13-3-4-14-15(10-13)27-11-26-14/h3-4,10,12H,1-2,5-9,11H2,(H,19,25)(H,20,24)(H,22,23). The van der Waals surface area contributed by atoms with Crippen LogP contribution in [0.5, 0.6) is 11.5 Å². The number of anilines is 1. The van der Waals surface area contributed by atoms with Gasteiger partial charge in [-0.25, -0.2) is 4.79 Å². The Morgan fingerprint density at radius 3 is 2.63 bits per heavy atom. The number of carbonyl (C=O) groups is 3. The van der Waals surface area contributed by atoms with Gasteiger partial charge in [0.2, 0.25) is 12.7 Å². The van der Waals surface area contributed by atoms with Crippen LogP contribution in [0, 0.1) is 5.92 Å². The number of hydrogen-bond acceptors (Lipinski definition) is 5. The van der Waals surface area contributed by atoms with Gasteiger partial charge >= 0.3 is 12.0 Å². The zero-order chi connectivity index (χ0) is 19.2. The summed E-state index contributed by atoms with van der Waals surface area (Å²) in [6.07, 6.45) is 1.59. The number of likely N-dealkylation sites (tertiary alicyclic amines) is 1. The van der Waals surface area contributed by atoms with Crippen molar-refractivity contribution in [2.75, 3.05) is 31.7 Å². The van der Waals surface area contributed by atoms with Crippen molar-refractivity contribution in [1.82, 2.24) is 10.2 Å². The first kappa shape index (κ1) is 18.8. The second-order valence-electron chi connectivity index (χ2n) is 6.55. The fourth-order valence-electron chi connectivity index (χ4n) is 3.11. The molecule has 3 N–H and O–H groups in total. The van der Waals surface area contributed by atoms with E-state index in [4.69, 9.17) is 14.6 Å². The molecule has 1 aromatic rings. The van der Waals surface area contributed by atoms with Crippen LogP contribution in [-0.4, -0.2) is 54.3 Å². The van der Waals surface area contributed by atoms with Gasteiger partial charge in [0.05, 0.1) is 0 Å². The highest BCUT2D eigenvalue weighted by atomic mass is 16.7. The lowest BCUT2D eigenvalue weighted by Gasteiger charge is -2.31. The van der Waals surface area contributed by atoms with E-state index in [2.05, 4.69) is 10.6 Å². The Labute approximate surface area is 156 Å². The van der Waals surface area contributed by atoms with Crippen LogP contribution in [0.2, 0.25) is 0 Å². The van der Waals surface area contributed by atoms with Gasteiger partial charge in [-0.1, -0.05) is 0 Å². The van der Waals surface area contributed by atoms with Gasteiger partial charge in [0.1, 0.15) is 0 Å². The van der Waals surface area contributed by atoms with Crippen molar-refractivity contribution in [3.05, 3.63) is 18.2 Å². The van der Waals surface area contributed by atoms with Gasteiger partial charge in [0.25, 0.3) is 0 Å². The zero-order valence-corrected chi connectivity index (χ0v) is 14.9. The van der Waals surface area contributed by atoms with Crippen LogP contribution < -0.4 is 20.1 Å². The third-order valence-corrected chi connectivity index (χ3v) is 4.64. The Bertz CT molecular complexity index is 715. The average molecular weight is 377 g/mol. The number of hydrogen-bond donors (Lipinski definition) is 3. The summed E-state index contributed by atoms with van der Waals surface area (Å²) >= 11 is 0. The van der Waals surface area contributed by atoms with E-state index in [9.17, 15) is 14.4 Å². The minimum Gasteiger partial charge on any atom is -0.481 e. The van der Waals surface area contributed by atoms with Gasteiger partial charge in [0.15, 0.2) is 11.5 Å². The SMILES string of the molecule is O=C(O)CCCNC(=O)N1CCC(C(=O)Nc2ccc3c(c2)OCO3)CC1. The van der Waals surface area contributed by atoms with Crippen molar-refractivity contribution in [2.24, 2.45) is 5.92 Å². The third kappa shape index (κ3) is 5.02. The average Bonchev–Trinajstić information content (AvgIpc) is 3.13. The van der Waals surface area contributed by atoms with Gasteiger partial charge in [-0.15, -0.1) is 0 Å². The van der Waals surface area contributed by atoms with Gasteiger partial charge in [0, 0.05) is 43.7 Å². The molecule has 0 aliphatic carbocycles. The first-order valence-corrected chi connectivity index (χ1v) is 8.98. The molecule has 0 unspecified atom stereocenters. The van der Waals surface area contributed by atoms with Crippen molar-refractivity contribution in [1.29, 1.82) is 0 Å². The Morgan fingerprint density at radius 2 is 1.89 bits per heavy atom. The van der Waals surface area contributed by atoms with E-state index in [0.29, 0.717) is 56.1 Å². The Morgan fingerprint density at radius 1 is 1.15 bits per heavy atom. The van der Waals surface area contributed by atoms with Gasteiger partial charge < -0.3 is 30.1 Å². The van der Waals surface area contributed by atoms with E-state index in [1.807, 2.05) is 0 Å². The smallest absolute Gasteiger partial charge is 0.317 e. The summed E-state index contributed by atoms with van der Waals surface area (Å²) in [6.45, 7) is 1.49. The lowest BCUT2D eigenvalue weighted by atomic mass is 9.96. The van der Waals surface area contributed by atoms with Crippen LogP contribution in [-0.2, 0) is 9.59 Å². The molecule has 1 aromatic carbocycles. The van der Waals surface area contributed by atoms with Crippen molar-refractivity contribution in [2.45, 2.75) is 25.7 Å². The molecular formula is C18H23N3O6. The van der Waals surface area contributed by atoms with Crippen molar-refractivity contribution >= 4 is 23.6 Å². The van der Waals surface area contributed by atoms with Crippen molar-refractivity contribution in [3.8, 4) is 11.5 Å². The van der Waals surface area contributed by atoms with Gasteiger partial charge in [-0.3, -0.25) is 9.59 Å². The highest BCUT2D eigenvalue weighted by Gasteiger charge is 2.27. The van der Waals surface area contributed by atoms with Crippen LogP contribution >= 0.6 is 0 Å². The molecule has 9 heteroatoms. The number of rotatable bonds is 6. The molecule has 0 bridgehead atoms. The largest absolute Gasteiger partial charge is 0.481 e. The number of nitrogens with one attached hydrogen (secondary N) is 2. The molecule has 0 saturated carbocycles. The van der Waals surface area contributed by atoms with E-state index in [1.54, 1.807) is 23.1 Å². The molecule has 0 aromatic heterocycles. The first-order valence-electron chi connectivity index (χ1n) is 8.98. The molecule has 9 nitrogen and oxygen atoms in total. The number of fused-ring (bicyclic) bond motifs is 1. The topological polar surface area (TPSA) is 117 Å². The molecule has 0 atom stereocenters. The monoisotopic (exact) mass is 377 g/mol. The number of urea groups is 1. The normalized spacial score (nSPS) is 16.1. The lowest BCUT2D eigenvalue weighted by molar-refractivity contribution is -0.137. The molecule has 3 rings (SSSR count). The highest BCUT2D eigenvalue weighted by molar-refractivity contribution is 5.93. The maximum absolute atomic E-state index is 12.5. The summed E-state index contributed by atoms with van der Waals surface area (Å²) in [5.41, 5.74) is 0.655. The fourth-order valence-corrected chi connectivity index (χ4v) is 3.11. The molecule has 2 aliphatic rings. The minimum absolute atomic E-state index is 0.0301. The Balaban J connectivity index is 1.41. The molecule has 1 saturated heterocycles. The summed E-state index contributed by atoms with van der Waals surface area (Å²) in [4.78, 5) is 36.6. The molecule has 27 heavy (non-hydrogen) atoms. The number of carboxylic acids is 1. The predicted molar refractivity (Wildman–Crippen MR) is 95.8 cm³/mol. The number of carbonyl (C=O) groups excluding carboxylic acids is 2.